The van der Waals surface area contributed by atoms with Gasteiger partial charge >= 0.3 is 0 Å². The topological polar surface area (TPSA) is 77.7 Å². The minimum atomic E-state index is -3.47. The van der Waals surface area contributed by atoms with Gasteiger partial charge in [-0.1, -0.05) is 11.6 Å². The standard InChI is InChI=1S/C16H14ClFN4O2S/c17-13-4-2-12(3-5-13)16-19-21-22(20-16)10-1-11-25(23,24)15-8-6-14(18)7-9-15/h2-9H,1,10-11H2. The number of benzene rings is 2. The van der Waals surface area contributed by atoms with E-state index in [1.54, 1.807) is 24.3 Å². The molecular weight excluding hydrogens is 367 g/mol. The summed E-state index contributed by atoms with van der Waals surface area (Å²) in [5.74, 6) is -0.116. The van der Waals surface area contributed by atoms with E-state index in [1.807, 2.05) is 0 Å². The highest BCUT2D eigenvalue weighted by molar-refractivity contribution is 7.91. The molecule has 1 heterocycles. The molecule has 0 aliphatic carbocycles. The van der Waals surface area contributed by atoms with Crippen molar-refractivity contribution in [2.45, 2.75) is 17.9 Å². The molecule has 0 N–H and O–H groups in total. The van der Waals surface area contributed by atoms with E-state index in [0.717, 1.165) is 17.7 Å². The van der Waals surface area contributed by atoms with Crippen LogP contribution in [0.4, 0.5) is 4.39 Å². The van der Waals surface area contributed by atoms with Crippen molar-refractivity contribution in [3.63, 3.8) is 0 Å². The predicted molar refractivity (Wildman–Crippen MR) is 91.3 cm³/mol. The number of hydrogen-bond donors (Lipinski definition) is 0. The Bertz CT molecular complexity index is 957. The Labute approximate surface area is 149 Å². The van der Waals surface area contributed by atoms with Crippen molar-refractivity contribution in [3.05, 3.63) is 59.4 Å². The maximum Gasteiger partial charge on any atom is 0.204 e. The predicted octanol–water partition coefficient (Wildman–Crippen LogP) is 3.00. The lowest BCUT2D eigenvalue weighted by molar-refractivity contribution is 0.511. The summed E-state index contributed by atoms with van der Waals surface area (Å²) in [5, 5.41) is 12.7. The van der Waals surface area contributed by atoms with Crippen molar-refractivity contribution in [1.29, 1.82) is 0 Å². The van der Waals surface area contributed by atoms with Crippen LogP contribution < -0.4 is 0 Å². The van der Waals surface area contributed by atoms with E-state index >= 15 is 0 Å². The van der Waals surface area contributed by atoms with Gasteiger partial charge < -0.3 is 0 Å². The van der Waals surface area contributed by atoms with Crippen LogP contribution in [0.5, 0.6) is 0 Å². The summed E-state index contributed by atoms with van der Waals surface area (Å²) in [6, 6.07) is 11.8. The van der Waals surface area contributed by atoms with Crippen molar-refractivity contribution < 1.29 is 12.8 Å². The second-order valence-electron chi connectivity index (χ2n) is 5.34. The van der Waals surface area contributed by atoms with Gasteiger partial charge in [0.1, 0.15) is 5.82 Å². The zero-order chi connectivity index (χ0) is 17.9. The molecule has 0 fully saturated rings. The third-order valence-corrected chi connectivity index (χ3v) is 5.57. The maximum absolute atomic E-state index is 12.9. The van der Waals surface area contributed by atoms with E-state index < -0.39 is 15.7 Å². The number of nitrogens with zero attached hydrogens (tertiary/aromatic N) is 4. The number of sulfone groups is 1. The fourth-order valence-electron chi connectivity index (χ4n) is 2.21. The van der Waals surface area contributed by atoms with Gasteiger partial charge in [-0.05, 0) is 60.2 Å². The number of tetrazole rings is 1. The van der Waals surface area contributed by atoms with E-state index in [9.17, 15) is 12.8 Å². The molecule has 9 heteroatoms. The number of aromatic nitrogens is 4. The molecule has 130 valence electrons. The van der Waals surface area contributed by atoms with E-state index in [1.165, 1.54) is 16.9 Å². The molecule has 3 aromatic rings. The lowest BCUT2D eigenvalue weighted by Crippen LogP contribution is -2.11. The average molecular weight is 381 g/mol. The summed E-state index contributed by atoms with van der Waals surface area (Å²) >= 11 is 5.84. The summed E-state index contributed by atoms with van der Waals surface area (Å²) in [6.45, 7) is 0.307. The van der Waals surface area contributed by atoms with Gasteiger partial charge in [-0.25, -0.2) is 12.8 Å². The molecule has 0 radical (unpaired) electrons. The molecule has 0 aliphatic heterocycles. The first-order chi connectivity index (χ1) is 11.9. The minimum Gasteiger partial charge on any atom is -0.224 e. The second-order valence-corrected chi connectivity index (χ2v) is 7.89. The number of rotatable bonds is 6. The molecule has 0 saturated heterocycles. The minimum absolute atomic E-state index is 0.0869. The molecule has 0 aliphatic rings. The number of hydrogen-bond acceptors (Lipinski definition) is 5. The fraction of sp³-hybridized carbons (Fsp3) is 0.188. The highest BCUT2D eigenvalue weighted by atomic mass is 35.5. The van der Waals surface area contributed by atoms with Crippen LogP contribution in [0.25, 0.3) is 11.4 Å². The van der Waals surface area contributed by atoms with Crippen molar-refractivity contribution in [3.8, 4) is 11.4 Å². The van der Waals surface area contributed by atoms with Gasteiger partial charge in [0.15, 0.2) is 9.84 Å². The summed E-state index contributed by atoms with van der Waals surface area (Å²) in [4.78, 5) is 1.45. The Hall–Kier alpha value is -2.32. The van der Waals surface area contributed by atoms with E-state index in [2.05, 4.69) is 15.4 Å². The molecule has 6 nitrogen and oxygen atoms in total. The zero-order valence-electron chi connectivity index (χ0n) is 13.0. The Morgan fingerprint density at radius 3 is 2.40 bits per heavy atom. The van der Waals surface area contributed by atoms with Gasteiger partial charge in [0, 0.05) is 10.6 Å². The van der Waals surface area contributed by atoms with Crippen LogP contribution in [0.2, 0.25) is 5.02 Å². The van der Waals surface area contributed by atoms with E-state index in [4.69, 9.17) is 11.6 Å². The zero-order valence-corrected chi connectivity index (χ0v) is 14.6. The Morgan fingerprint density at radius 2 is 1.72 bits per heavy atom. The Morgan fingerprint density at radius 1 is 1.04 bits per heavy atom. The summed E-state index contributed by atoms with van der Waals surface area (Å²) in [5.41, 5.74) is 0.773. The molecule has 3 rings (SSSR count). The largest absolute Gasteiger partial charge is 0.224 e. The van der Waals surface area contributed by atoms with Gasteiger partial charge in [-0.2, -0.15) is 4.80 Å². The molecular formula is C16H14ClFN4O2S. The summed E-state index contributed by atoms with van der Waals surface area (Å²) in [7, 11) is -3.47. The molecule has 0 atom stereocenters. The second kappa shape index (κ2) is 7.28. The van der Waals surface area contributed by atoms with Crippen LogP contribution in [0, 0.1) is 5.82 Å². The fourth-order valence-corrected chi connectivity index (χ4v) is 3.63. The highest BCUT2D eigenvalue weighted by Crippen LogP contribution is 2.17. The molecule has 0 spiro atoms. The van der Waals surface area contributed by atoms with E-state index in [0.29, 0.717) is 23.8 Å². The molecule has 2 aromatic carbocycles. The summed E-state index contributed by atoms with van der Waals surface area (Å²) in [6.07, 6.45) is 0.316. The molecule has 0 amide bonds. The Balaban J connectivity index is 1.61. The van der Waals surface area contributed by atoms with Crippen molar-refractivity contribution in [2.24, 2.45) is 0 Å². The van der Waals surface area contributed by atoms with Crippen molar-refractivity contribution in [1.82, 2.24) is 20.2 Å². The monoisotopic (exact) mass is 380 g/mol. The molecule has 25 heavy (non-hydrogen) atoms. The van der Waals surface area contributed by atoms with Gasteiger partial charge in [0.2, 0.25) is 5.82 Å². The lowest BCUT2D eigenvalue weighted by atomic mass is 10.2. The third kappa shape index (κ3) is 4.40. The molecule has 0 unspecified atom stereocenters. The van der Waals surface area contributed by atoms with Gasteiger partial charge in [0.05, 0.1) is 17.2 Å². The molecule has 1 aromatic heterocycles. The van der Waals surface area contributed by atoms with Gasteiger partial charge in [0.25, 0.3) is 0 Å². The van der Waals surface area contributed by atoms with Crippen molar-refractivity contribution in [2.75, 3.05) is 5.75 Å². The molecule has 0 bridgehead atoms. The normalized spacial score (nSPS) is 11.6. The first-order valence-corrected chi connectivity index (χ1v) is 9.49. The van der Waals surface area contributed by atoms with Gasteiger partial charge in [-0.3, -0.25) is 0 Å². The first kappa shape index (κ1) is 17.5. The smallest absolute Gasteiger partial charge is 0.204 e. The van der Waals surface area contributed by atoms with Crippen LogP contribution in [-0.2, 0) is 16.4 Å². The van der Waals surface area contributed by atoms with Crippen LogP contribution in [-0.4, -0.2) is 34.4 Å². The molecule has 0 saturated carbocycles. The number of halogens is 2. The summed E-state index contributed by atoms with van der Waals surface area (Å²) < 4.78 is 37.3. The number of aryl methyl sites for hydroxylation is 1. The van der Waals surface area contributed by atoms with Crippen LogP contribution in [0.15, 0.2) is 53.4 Å². The maximum atomic E-state index is 12.9. The van der Waals surface area contributed by atoms with Crippen LogP contribution >= 0.6 is 11.6 Å². The van der Waals surface area contributed by atoms with Crippen molar-refractivity contribution >= 4 is 21.4 Å². The van der Waals surface area contributed by atoms with Gasteiger partial charge in [-0.15, -0.1) is 10.2 Å². The average Bonchev–Trinajstić information content (AvgIpc) is 3.04. The third-order valence-electron chi connectivity index (χ3n) is 3.50. The SMILES string of the molecule is O=S(=O)(CCCn1nnc(-c2ccc(Cl)cc2)n1)c1ccc(F)cc1. The Kier molecular flexibility index (Phi) is 5.10. The lowest BCUT2D eigenvalue weighted by Gasteiger charge is -2.04. The quantitative estimate of drug-likeness (QED) is 0.614. The highest BCUT2D eigenvalue weighted by Gasteiger charge is 2.14. The first-order valence-electron chi connectivity index (χ1n) is 7.46. The van der Waals surface area contributed by atoms with Crippen LogP contribution in [0.1, 0.15) is 6.42 Å². The van der Waals surface area contributed by atoms with E-state index in [-0.39, 0.29) is 10.6 Å². The van der Waals surface area contributed by atoms with Crippen LogP contribution in [0.3, 0.4) is 0 Å².